The number of rotatable bonds is 3. The molecule has 0 unspecified atom stereocenters. The molecule has 232 valence electrons. The molecule has 0 aliphatic carbocycles. The third-order valence-electron chi connectivity index (χ3n) is 6.81. The lowest BCUT2D eigenvalue weighted by Gasteiger charge is -2.45. The number of aliphatic carboxylic acids is 2. The van der Waals surface area contributed by atoms with Crippen LogP contribution in [0.4, 0.5) is 26.3 Å². The number of hydrogen-bond donors (Lipinski definition) is 2. The molecule has 0 saturated carbocycles. The largest absolute Gasteiger partial charge is 0.490 e. The highest BCUT2D eigenvalue weighted by Crippen LogP contribution is 2.41. The Morgan fingerprint density at radius 2 is 1.42 bits per heavy atom. The molecule has 2 aromatic heterocycles. The second-order valence-corrected chi connectivity index (χ2v) is 9.85. The van der Waals surface area contributed by atoms with Crippen LogP contribution < -0.4 is 0 Å². The fourth-order valence-corrected chi connectivity index (χ4v) is 4.72. The van der Waals surface area contributed by atoms with Gasteiger partial charge in [-0.3, -0.25) is 14.7 Å². The van der Waals surface area contributed by atoms with E-state index in [-0.39, 0.29) is 11.3 Å². The number of hydrogen-bond acceptors (Lipinski definition) is 6. The minimum atomic E-state index is -5.08. The van der Waals surface area contributed by atoms with Crippen molar-refractivity contribution in [2.75, 3.05) is 26.7 Å². The number of benzene rings is 1. The van der Waals surface area contributed by atoms with Crippen LogP contribution in [0.15, 0.2) is 61.1 Å². The quantitative estimate of drug-likeness (QED) is 0.421. The highest BCUT2D eigenvalue weighted by atomic mass is 19.4. The van der Waals surface area contributed by atoms with Crippen molar-refractivity contribution in [3.8, 4) is 5.69 Å². The second-order valence-electron chi connectivity index (χ2n) is 9.85. The molecule has 1 saturated heterocycles. The van der Waals surface area contributed by atoms with Crippen molar-refractivity contribution in [1.82, 2.24) is 24.6 Å². The Bertz CT molecular complexity index is 1380. The monoisotopic (exact) mass is 615 g/mol. The molecule has 5 rings (SSSR count). The molecule has 2 aliphatic heterocycles. The van der Waals surface area contributed by atoms with Gasteiger partial charge in [0.2, 0.25) is 0 Å². The van der Waals surface area contributed by atoms with E-state index < -0.39 is 24.3 Å². The number of carbonyl (C=O) groups excluding carboxylic acids is 1. The third kappa shape index (κ3) is 8.53. The summed E-state index contributed by atoms with van der Waals surface area (Å²) >= 11 is 0. The van der Waals surface area contributed by atoms with Crippen LogP contribution >= 0.6 is 0 Å². The molecule has 4 heterocycles. The molecule has 16 heteroatoms. The number of alkyl halides is 6. The van der Waals surface area contributed by atoms with Gasteiger partial charge in [-0.2, -0.15) is 31.4 Å². The van der Waals surface area contributed by atoms with Gasteiger partial charge in [0.05, 0.1) is 16.9 Å². The van der Waals surface area contributed by atoms with Crippen LogP contribution in [0.1, 0.15) is 34.5 Å². The molecule has 1 spiro atoms. The van der Waals surface area contributed by atoms with E-state index in [0.717, 1.165) is 56.0 Å². The van der Waals surface area contributed by atoms with Crippen molar-refractivity contribution in [1.29, 1.82) is 0 Å². The summed E-state index contributed by atoms with van der Waals surface area (Å²) in [5.41, 5.74) is 3.95. The van der Waals surface area contributed by atoms with Gasteiger partial charge in [0.1, 0.15) is 0 Å². The smallest absolute Gasteiger partial charge is 0.475 e. The number of carboxylic acid groups (broad SMARTS) is 2. The Hall–Kier alpha value is -4.47. The summed E-state index contributed by atoms with van der Waals surface area (Å²) in [7, 11) is 1.91. The number of nitrogens with zero attached hydrogens (tertiary/aromatic N) is 5. The van der Waals surface area contributed by atoms with Gasteiger partial charge in [-0.1, -0.05) is 18.2 Å². The van der Waals surface area contributed by atoms with E-state index in [1.807, 2.05) is 65.6 Å². The predicted octanol–water partition coefficient (Wildman–Crippen LogP) is 4.15. The summed E-state index contributed by atoms with van der Waals surface area (Å²) in [6, 6.07) is 14.2. The minimum absolute atomic E-state index is 0.0627. The number of aromatic nitrogens is 3. The van der Waals surface area contributed by atoms with E-state index in [2.05, 4.69) is 22.0 Å². The summed E-state index contributed by atoms with van der Waals surface area (Å²) in [4.78, 5) is 39.1. The van der Waals surface area contributed by atoms with Crippen molar-refractivity contribution in [2.45, 2.75) is 37.2 Å². The number of pyridine rings is 1. The number of likely N-dealkylation sites (tertiary alicyclic amines) is 1. The first-order valence-corrected chi connectivity index (χ1v) is 12.7. The number of likely N-dealkylation sites (N-methyl/N-ethyl adjacent to an activating group) is 1. The molecule has 0 bridgehead atoms. The SMILES string of the molecule is CN1CC2(CCN(Cc3ccncc3)CC2)c2nn(-c3ccccc3)cc2C1=O.O=C(O)C(F)(F)F.O=C(O)C(F)(F)F. The van der Waals surface area contributed by atoms with Crippen LogP contribution in [-0.2, 0) is 21.5 Å². The number of amides is 1. The second kappa shape index (κ2) is 13.2. The fraction of sp³-hybridized carbons (Fsp3) is 0.370. The van der Waals surface area contributed by atoms with Crippen LogP contribution in [-0.4, -0.2) is 91.7 Å². The van der Waals surface area contributed by atoms with E-state index in [9.17, 15) is 31.1 Å². The van der Waals surface area contributed by atoms with Crippen LogP contribution in [0, 0.1) is 0 Å². The molecule has 0 atom stereocenters. The van der Waals surface area contributed by atoms with Gasteiger partial charge in [0.15, 0.2) is 0 Å². The summed E-state index contributed by atoms with van der Waals surface area (Å²) < 4.78 is 65.3. The normalized spacial score (nSPS) is 16.3. The van der Waals surface area contributed by atoms with Gasteiger partial charge in [-0.05, 0) is 55.8 Å². The number of carboxylic acids is 2. The average molecular weight is 616 g/mol. The maximum atomic E-state index is 12.8. The van der Waals surface area contributed by atoms with Crippen LogP contribution in [0.25, 0.3) is 5.69 Å². The molecule has 2 N–H and O–H groups in total. The van der Waals surface area contributed by atoms with Gasteiger partial charge in [0.25, 0.3) is 5.91 Å². The molecule has 0 radical (unpaired) electrons. The first kappa shape index (κ1) is 33.0. The molecular formula is C27H27F6N5O5. The number of fused-ring (bicyclic) bond motifs is 2. The molecule has 43 heavy (non-hydrogen) atoms. The first-order valence-electron chi connectivity index (χ1n) is 12.7. The van der Waals surface area contributed by atoms with Crippen LogP contribution in [0.2, 0.25) is 0 Å². The Morgan fingerprint density at radius 3 is 1.91 bits per heavy atom. The molecule has 10 nitrogen and oxygen atoms in total. The maximum Gasteiger partial charge on any atom is 0.490 e. The van der Waals surface area contributed by atoms with Crippen molar-refractivity contribution >= 4 is 17.8 Å². The molecule has 1 amide bonds. The zero-order valence-corrected chi connectivity index (χ0v) is 22.6. The lowest BCUT2D eigenvalue weighted by atomic mass is 9.72. The van der Waals surface area contributed by atoms with Crippen molar-refractivity contribution in [3.63, 3.8) is 0 Å². The number of carbonyl (C=O) groups is 3. The van der Waals surface area contributed by atoms with Gasteiger partial charge < -0.3 is 15.1 Å². The number of para-hydroxylation sites is 1. The fourth-order valence-electron chi connectivity index (χ4n) is 4.72. The Balaban J connectivity index is 0.000000303. The van der Waals surface area contributed by atoms with E-state index in [1.165, 1.54) is 5.56 Å². The lowest BCUT2D eigenvalue weighted by molar-refractivity contribution is -0.193. The third-order valence-corrected chi connectivity index (χ3v) is 6.81. The molecule has 3 aromatic rings. The zero-order chi connectivity index (χ0) is 32.0. The molecule has 2 aliphatic rings. The number of piperidine rings is 1. The van der Waals surface area contributed by atoms with Crippen molar-refractivity contribution in [2.24, 2.45) is 0 Å². The van der Waals surface area contributed by atoms with Gasteiger partial charge in [-0.25, -0.2) is 14.3 Å². The van der Waals surface area contributed by atoms with Gasteiger partial charge in [0, 0.05) is 44.1 Å². The van der Waals surface area contributed by atoms with Crippen molar-refractivity contribution in [3.05, 3.63) is 77.9 Å². The summed E-state index contributed by atoms with van der Waals surface area (Å²) in [6.45, 7) is 3.69. The van der Waals surface area contributed by atoms with Gasteiger partial charge >= 0.3 is 24.3 Å². The van der Waals surface area contributed by atoms with E-state index >= 15 is 0 Å². The standard InChI is InChI=1S/C23H25N5O.2C2HF3O2/c1-26-17-23(9-13-27(14-10-23)15-18-7-11-24-12-8-18)21-20(22(26)29)16-28(25-21)19-5-3-2-4-6-19;2*3-2(4,5)1(6)7/h2-8,11-12,16H,9-10,13-15,17H2,1H3;2*(H,6,7). The van der Waals surface area contributed by atoms with E-state index in [1.54, 1.807) is 0 Å². The Kier molecular flexibility index (Phi) is 10.2. The highest BCUT2D eigenvalue weighted by molar-refractivity contribution is 5.96. The maximum absolute atomic E-state index is 12.8. The predicted molar refractivity (Wildman–Crippen MR) is 138 cm³/mol. The number of halogens is 6. The first-order chi connectivity index (χ1) is 20.0. The van der Waals surface area contributed by atoms with Gasteiger partial charge in [-0.15, -0.1) is 0 Å². The average Bonchev–Trinajstić information content (AvgIpc) is 3.41. The molecule has 1 aromatic carbocycles. The minimum Gasteiger partial charge on any atom is -0.475 e. The van der Waals surface area contributed by atoms with Crippen LogP contribution in [0.5, 0.6) is 0 Å². The topological polar surface area (TPSA) is 129 Å². The molecule has 1 fully saturated rings. The van der Waals surface area contributed by atoms with Crippen LogP contribution in [0.3, 0.4) is 0 Å². The van der Waals surface area contributed by atoms with E-state index in [0.29, 0.717) is 0 Å². The summed E-state index contributed by atoms with van der Waals surface area (Å²) in [5, 5.41) is 19.2. The summed E-state index contributed by atoms with van der Waals surface area (Å²) in [5.74, 6) is -5.44. The zero-order valence-electron chi connectivity index (χ0n) is 22.6. The summed E-state index contributed by atoms with van der Waals surface area (Å²) in [6.07, 6.45) is -2.53. The molecular weight excluding hydrogens is 588 g/mol. The lowest BCUT2D eigenvalue weighted by Crippen LogP contribution is -2.53. The van der Waals surface area contributed by atoms with E-state index in [4.69, 9.17) is 24.9 Å². The highest BCUT2D eigenvalue weighted by Gasteiger charge is 2.46. The van der Waals surface area contributed by atoms with Crippen molar-refractivity contribution < 1.29 is 50.9 Å². The Labute approximate surface area is 241 Å². The Morgan fingerprint density at radius 1 is 0.907 bits per heavy atom.